The van der Waals surface area contributed by atoms with Crippen molar-refractivity contribution in [3.8, 4) is 6.07 Å². The minimum Gasteiger partial charge on any atom is -0.376 e. The van der Waals surface area contributed by atoms with E-state index in [4.69, 9.17) is 17.0 Å². The molecular formula is C25H32N4O3S2. The molecular weight excluding hydrogens is 468 g/mol. The van der Waals surface area contributed by atoms with E-state index in [-0.39, 0.29) is 23.1 Å². The maximum absolute atomic E-state index is 13.3. The Balaban J connectivity index is 1.81. The van der Waals surface area contributed by atoms with Gasteiger partial charge in [0.1, 0.15) is 21.8 Å². The summed E-state index contributed by atoms with van der Waals surface area (Å²) < 4.78 is 7.93. The van der Waals surface area contributed by atoms with E-state index in [0.29, 0.717) is 39.7 Å². The first-order valence-electron chi connectivity index (χ1n) is 12.0. The standard InChI is InChI=1S/C25H32N4O3S2/c1-5-28-22(27-12-15(2)9-16(3)13-27)19(17(4)20(11-26)23(28)30)10-21-24(31)29(25(33)34-21)14-18-7-6-8-32-18/h10,15-16,18H,5-9,12-14H2,1-4H3/b21-10+. The van der Waals surface area contributed by atoms with Gasteiger partial charge in [0.2, 0.25) is 0 Å². The predicted molar refractivity (Wildman–Crippen MR) is 140 cm³/mol. The lowest BCUT2D eigenvalue weighted by molar-refractivity contribution is -0.123. The smallest absolute Gasteiger partial charge is 0.270 e. The molecule has 0 bridgehead atoms. The number of hydrogen-bond donors (Lipinski definition) is 0. The molecule has 4 rings (SSSR count). The Bertz CT molecular complexity index is 1120. The molecule has 0 spiro atoms. The van der Waals surface area contributed by atoms with E-state index in [9.17, 15) is 14.9 Å². The van der Waals surface area contributed by atoms with Crippen molar-refractivity contribution in [1.82, 2.24) is 9.47 Å². The Labute approximate surface area is 210 Å². The van der Waals surface area contributed by atoms with Gasteiger partial charge in [0.15, 0.2) is 0 Å². The number of carbonyl (C=O) groups excluding carboxylic acids is 1. The molecule has 4 heterocycles. The molecule has 3 saturated heterocycles. The highest BCUT2D eigenvalue weighted by molar-refractivity contribution is 8.26. The first-order valence-corrected chi connectivity index (χ1v) is 13.3. The van der Waals surface area contributed by atoms with Gasteiger partial charge in [-0.25, -0.2) is 0 Å². The quantitative estimate of drug-likeness (QED) is 0.448. The molecule has 9 heteroatoms. The van der Waals surface area contributed by atoms with E-state index in [2.05, 4.69) is 24.8 Å². The lowest BCUT2D eigenvalue weighted by Gasteiger charge is -2.38. The number of nitriles is 1. The van der Waals surface area contributed by atoms with Gasteiger partial charge in [-0.15, -0.1) is 0 Å². The third-order valence-corrected chi connectivity index (χ3v) is 8.27. The SMILES string of the molecule is CCn1c(N2CC(C)CC(C)C2)c(/C=C2/SC(=S)N(CC3CCCO3)C2=O)c(C)c(C#N)c1=O. The first-order chi connectivity index (χ1) is 16.2. The van der Waals surface area contributed by atoms with Crippen LogP contribution in [0, 0.1) is 30.1 Å². The summed E-state index contributed by atoms with van der Waals surface area (Å²) >= 11 is 6.82. The van der Waals surface area contributed by atoms with Gasteiger partial charge < -0.3 is 9.64 Å². The van der Waals surface area contributed by atoms with Crippen LogP contribution in [0.2, 0.25) is 0 Å². The summed E-state index contributed by atoms with van der Waals surface area (Å²) in [6, 6.07) is 2.10. The number of nitrogens with zero attached hydrogens (tertiary/aromatic N) is 4. The number of thioether (sulfide) groups is 1. The summed E-state index contributed by atoms with van der Waals surface area (Å²) in [5.74, 6) is 1.63. The molecule has 0 saturated carbocycles. The Morgan fingerprint density at radius 3 is 2.56 bits per heavy atom. The molecule has 3 fully saturated rings. The molecule has 1 amide bonds. The number of amides is 1. The van der Waals surface area contributed by atoms with Gasteiger partial charge in [-0.1, -0.05) is 37.8 Å². The third kappa shape index (κ3) is 4.68. The monoisotopic (exact) mass is 500 g/mol. The van der Waals surface area contributed by atoms with Gasteiger partial charge in [-0.2, -0.15) is 5.26 Å². The average molecular weight is 501 g/mol. The lowest BCUT2D eigenvalue weighted by atomic mass is 9.91. The highest BCUT2D eigenvalue weighted by atomic mass is 32.2. The van der Waals surface area contributed by atoms with Crippen LogP contribution in [0.3, 0.4) is 0 Å². The number of piperidine rings is 1. The molecule has 3 aliphatic rings. The van der Waals surface area contributed by atoms with Crippen LogP contribution in [0.4, 0.5) is 5.82 Å². The number of thiocarbonyl (C=S) groups is 1. The van der Waals surface area contributed by atoms with Crippen molar-refractivity contribution in [2.24, 2.45) is 11.8 Å². The van der Waals surface area contributed by atoms with Crippen LogP contribution >= 0.6 is 24.0 Å². The van der Waals surface area contributed by atoms with Gasteiger partial charge in [-0.3, -0.25) is 19.1 Å². The Morgan fingerprint density at radius 1 is 1.26 bits per heavy atom. The molecule has 34 heavy (non-hydrogen) atoms. The average Bonchev–Trinajstić information content (AvgIpc) is 3.39. The number of aromatic nitrogens is 1. The fourth-order valence-corrected chi connectivity index (χ4v) is 6.65. The number of rotatable bonds is 5. The summed E-state index contributed by atoms with van der Waals surface area (Å²) in [5, 5.41) is 9.77. The maximum Gasteiger partial charge on any atom is 0.270 e. The van der Waals surface area contributed by atoms with Crippen LogP contribution in [0.5, 0.6) is 0 Å². The summed E-state index contributed by atoms with van der Waals surface area (Å²) in [4.78, 5) is 31.0. The number of anilines is 1. The Hall–Kier alpha value is -2.15. The van der Waals surface area contributed by atoms with Crippen molar-refractivity contribution in [2.75, 3.05) is 31.1 Å². The molecule has 0 N–H and O–H groups in total. The zero-order valence-corrected chi connectivity index (χ0v) is 21.9. The van der Waals surface area contributed by atoms with Gasteiger partial charge >= 0.3 is 0 Å². The van der Waals surface area contributed by atoms with E-state index in [1.807, 2.05) is 13.0 Å². The Morgan fingerprint density at radius 2 is 1.97 bits per heavy atom. The maximum atomic E-state index is 13.3. The number of carbonyl (C=O) groups is 1. The highest BCUT2D eigenvalue weighted by Gasteiger charge is 2.36. The zero-order valence-electron chi connectivity index (χ0n) is 20.3. The van der Waals surface area contributed by atoms with Gasteiger partial charge in [-0.05, 0) is 56.6 Å². The van der Waals surface area contributed by atoms with Crippen molar-refractivity contribution in [2.45, 2.75) is 59.6 Å². The molecule has 7 nitrogen and oxygen atoms in total. The van der Waals surface area contributed by atoms with Crippen molar-refractivity contribution in [3.05, 3.63) is 31.9 Å². The van der Waals surface area contributed by atoms with Crippen molar-refractivity contribution < 1.29 is 9.53 Å². The zero-order chi connectivity index (χ0) is 24.6. The fraction of sp³-hybridized carbons (Fsp3) is 0.600. The van der Waals surface area contributed by atoms with Crippen molar-refractivity contribution >= 4 is 46.1 Å². The van der Waals surface area contributed by atoms with Gasteiger partial charge in [0.25, 0.3) is 11.5 Å². The van der Waals surface area contributed by atoms with E-state index < -0.39 is 0 Å². The summed E-state index contributed by atoms with van der Waals surface area (Å²) in [6.07, 6.45) is 4.93. The lowest BCUT2D eigenvalue weighted by Crippen LogP contribution is -2.42. The minimum absolute atomic E-state index is 0.0164. The predicted octanol–water partition coefficient (Wildman–Crippen LogP) is 3.91. The molecule has 3 atom stereocenters. The summed E-state index contributed by atoms with van der Waals surface area (Å²) in [5.41, 5.74) is 1.23. The topological polar surface area (TPSA) is 78.6 Å². The van der Waals surface area contributed by atoms with Crippen LogP contribution in [0.25, 0.3) is 6.08 Å². The first kappa shape index (κ1) is 25.0. The molecule has 1 aromatic heterocycles. The van der Waals surface area contributed by atoms with Crippen molar-refractivity contribution in [1.29, 1.82) is 5.26 Å². The molecule has 0 radical (unpaired) electrons. The van der Waals surface area contributed by atoms with Crippen LogP contribution in [-0.2, 0) is 16.1 Å². The molecule has 3 aliphatic heterocycles. The second kappa shape index (κ2) is 10.2. The molecule has 0 aliphatic carbocycles. The third-order valence-electron chi connectivity index (χ3n) is 6.89. The molecule has 0 aromatic carbocycles. The number of hydrogen-bond acceptors (Lipinski definition) is 7. The van der Waals surface area contributed by atoms with Gasteiger partial charge in [0.05, 0.1) is 17.6 Å². The summed E-state index contributed by atoms with van der Waals surface area (Å²) in [7, 11) is 0. The minimum atomic E-state index is -0.272. The second-order valence-electron chi connectivity index (χ2n) is 9.68. The van der Waals surface area contributed by atoms with Crippen molar-refractivity contribution in [3.63, 3.8) is 0 Å². The van der Waals surface area contributed by atoms with Crippen LogP contribution in [0.15, 0.2) is 9.70 Å². The number of pyridine rings is 1. The normalized spacial score (nSPS) is 26.6. The fourth-order valence-electron chi connectivity index (χ4n) is 5.39. The highest BCUT2D eigenvalue weighted by Crippen LogP contribution is 2.37. The van der Waals surface area contributed by atoms with E-state index in [1.54, 1.807) is 16.4 Å². The van der Waals surface area contributed by atoms with Crippen LogP contribution in [-0.4, -0.2) is 52.0 Å². The van der Waals surface area contributed by atoms with Gasteiger partial charge in [0, 0.05) is 31.8 Å². The summed E-state index contributed by atoms with van der Waals surface area (Å²) in [6.45, 7) is 11.5. The Kier molecular flexibility index (Phi) is 7.51. The van der Waals surface area contributed by atoms with E-state index in [0.717, 1.165) is 50.3 Å². The number of ether oxygens (including phenoxy) is 1. The molecule has 1 aromatic rings. The molecule has 182 valence electrons. The largest absolute Gasteiger partial charge is 0.376 e. The van der Waals surface area contributed by atoms with E-state index in [1.165, 1.54) is 11.8 Å². The second-order valence-corrected chi connectivity index (χ2v) is 11.4. The molecule has 3 unspecified atom stereocenters. The van der Waals surface area contributed by atoms with Crippen LogP contribution < -0.4 is 10.5 Å². The van der Waals surface area contributed by atoms with E-state index >= 15 is 0 Å². The van der Waals surface area contributed by atoms with Crippen LogP contribution in [0.1, 0.15) is 56.7 Å².